The molecule has 0 aliphatic rings. The van der Waals surface area contributed by atoms with Crippen LogP contribution in [-0.4, -0.2) is 30.1 Å². The maximum Gasteiger partial charge on any atom is 0.458 e. The summed E-state index contributed by atoms with van der Waals surface area (Å²) in [5, 5.41) is 6.11. The number of alkyl halides is 5. The molecule has 0 unspecified atom stereocenters. The highest BCUT2D eigenvalue weighted by molar-refractivity contribution is 6.00. The van der Waals surface area contributed by atoms with Gasteiger partial charge in [-0.05, 0) is 36.4 Å². The minimum Gasteiger partial charge on any atom is -0.457 e. The maximum absolute atomic E-state index is 14.4. The van der Waals surface area contributed by atoms with Crippen LogP contribution in [-0.2, 0) is 5.92 Å². The summed E-state index contributed by atoms with van der Waals surface area (Å²) >= 11 is 0. The van der Waals surface area contributed by atoms with Crippen molar-refractivity contribution < 1.29 is 45.1 Å². The van der Waals surface area contributed by atoms with Gasteiger partial charge in [-0.2, -0.15) is 22.0 Å². The van der Waals surface area contributed by atoms with E-state index in [2.05, 4.69) is 10.3 Å². The molecule has 2 aromatic carbocycles. The Hall–Kier alpha value is -4.36. The van der Waals surface area contributed by atoms with Crippen molar-refractivity contribution in [3.63, 3.8) is 0 Å². The number of hydrogen-bond donors (Lipinski definition) is 3. The number of carbonyl (C=O) groups is 2. The molecule has 36 heavy (non-hydrogen) atoms. The van der Waals surface area contributed by atoms with Gasteiger partial charge in [-0.3, -0.25) is 9.78 Å². The first kappa shape index (κ1) is 26.2. The van der Waals surface area contributed by atoms with Crippen LogP contribution >= 0.6 is 0 Å². The Bertz CT molecular complexity index is 1300. The largest absolute Gasteiger partial charge is 0.458 e. The first-order chi connectivity index (χ1) is 16.8. The quantitative estimate of drug-likeness (QED) is 0.361. The summed E-state index contributed by atoms with van der Waals surface area (Å²) in [4.78, 5) is 27.6. The van der Waals surface area contributed by atoms with E-state index in [4.69, 9.17) is 4.74 Å². The van der Waals surface area contributed by atoms with Crippen molar-refractivity contribution in [3.8, 4) is 11.5 Å². The molecule has 0 bridgehead atoms. The fraction of sp³-hybridized carbons (Fsp3) is 0.136. The van der Waals surface area contributed by atoms with Crippen LogP contribution in [0.4, 0.5) is 46.9 Å². The zero-order chi connectivity index (χ0) is 26.7. The number of benzene rings is 2. The summed E-state index contributed by atoms with van der Waals surface area (Å²) in [6.07, 6.45) is -4.66. The molecule has 0 spiro atoms. The lowest BCUT2D eigenvalue weighted by Crippen LogP contribution is -2.33. The molecule has 1 aromatic heterocycles. The van der Waals surface area contributed by atoms with Crippen molar-refractivity contribution in [1.82, 2.24) is 10.3 Å². The van der Waals surface area contributed by atoms with Gasteiger partial charge < -0.3 is 20.7 Å². The smallest absolute Gasteiger partial charge is 0.457 e. The number of anilines is 2. The lowest BCUT2D eigenvalue weighted by molar-refractivity contribution is -0.289. The van der Waals surface area contributed by atoms with E-state index in [0.29, 0.717) is 6.07 Å². The first-order valence-corrected chi connectivity index (χ1v) is 9.80. The Morgan fingerprint density at radius 1 is 0.833 bits per heavy atom. The van der Waals surface area contributed by atoms with E-state index in [-0.39, 0.29) is 29.3 Å². The van der Waals surface area contributed by atoms with Crippen molar-refractivity contribution in [2.75, 3.05) is 17.7 Å². The molecular formula is C22H15F7N4O3. The van der Waals surface area contributed by atoms with Crippen LogP contribution < -0.4 is 20.7 Å². The molecule has 0 saturated heterocycles. The summed E-state index contributed by atoms with van der Waals surface area (Å²) in [5.41, 5.74) is -3.00. The predicted octanol–water partition coefficient (Wildman–Crippen LogP) is 5.81. The first-order valence-electron chi connectivity index (χ1n) is 9.80. The number of rotatable bonds is 6. The SMILES string of the molecule is CNC(=O)c1cc(Oc2ccc(NC(=O)Nc3cc(C(F)(F)C(F)(F)F)ccc3F)c(F)c2)ccn1. The van der Waals surface area contributed by atoms with Crippen LogP contribution in [0.3, 0.4) is 0 Å². The van der Waals surface area contributed by atoms with Gasteiger partial charge in [0.25, 0.3) is 5.91 Å². The third kappa shape index (κ3) is 5.82. The van der Waals surface area contributed by atoms with Crippen molar-refractivity contribution >= 4 is 23.3 Å². The Morgan fingerprint density at radius 3 is 2.14 bits per heavy atom. The van der Waals surface area contributed by atoms with Gasteiger partial charge in [-0.1, -0.05) is 0 Å². The summed E-state index contributed by atoms with van der Waals surface area (Å²) in [6, 6.07) is 5.18. The Kier molecular flexibility index (Phi) is 7.36. The van der Waals surface area contributed by atoms with E-state index in [0.717, 1.165) is 12.1 Å². The molecule has 14 heteroatoms. The van der Waals surface area contributed by atoms with Crippen LogP contribution in [0.2, 0.25) is 0 Å². The number of ether oxygens (including phenoxy) is 1. The molecule has 3 amide bonds. The van der Waals surface area contributed by atoms with E-state index >= 15 is 0 Å². The number of amides is 3. The number of nitrogens with one attached hydrogen (secondary N) is 3. The lowest BCUT2D eigenvalue weighted by Gasteiger charge is -2.20. The molecule has 1 heterocycles. The van der Waals surface area contributed by atoms with E-state index < -0.39 is 52.6 Å². The number of pyridine rings is 1. The molecular weight excluding hydrogens is 501 g/mol. The average Bonchev–Trinajstić information content (AvgIpc) is 2.81. The topological polar surface area (TPSA) is 92.4 Å². The molecule has 0 radical (unpaired) electrons. The van der Waals surface area contributed by atoms with Crippen LogP contribution in [0.1, 0.15) is 16.1 Å². The molecule has 3 N–H and O–H groups in total. The second-order valence-corrected chi connectivity index (χ2v) is 7.05. The lowest BCUT2D eigenvalue weighted by atomic mass is 10.1. The zero-order valence-corrected chi connectivity index (χ0v) is 18.0. The summed E-state index contributed by atoms with van der Waals surface area (Å²) < 4.78 is 98.6. The summed E-state index contributed by atoms with van der Waals surface area (Å²) in [7, 11) is 1.40. The van der Waals surface area contributed by atoms with Gasteiger partial charge in [0.1, 0.15) is 28.8 Å². The van der Waals surface area contributed by atoms with E-state index in [1.54, 1.807) is 5.32 Å². The molecule has 0 atom stereocenters. The van der Waals surface area contributed by atoms with Gasteiger partial charge in [0, 0.05) is 30.9 Å². The Balaban J connectivity index is 1.72. The fourth-order valence-corrected chi connectivity index (χ4v) is 2.78. The number of hydrogen-bond acceptors (Lipinski definition) is 4. The highest BCUT2D eigenvalue weighted by Crippen LogP contribution is 2.44. The number of nitrogens with zero attached hydrogens (tertiary/aromatic N) is 1. The average molecular weight is 516 g/mol. The Morgan fingerprint density at radius 2 is 1.50 bits per heavy atom. The molecule has 3 rings (SSSR count). The van der Waals surface area contributed by atoms with Crippen molar-refractivity contribution in [1.29, 1.82) is 0 Å². The summed E-state index contributed by atoms with van der Waals surface area (Å²) in [6.45, 7) is 0. The van der Waals surface area contributed by atoms with E-state index in [9.17, 15) is 40.3 Å². The summed E-state index contributed by atoms with van der Waals surface area (Å²) in [5.74, 6) is -8.01. The molecule has 0 aliphatic heterocycles. The molecule has 7 nitrogen and oxygen atoms in total. The van der Waals surface area contributed by atoms with Gasteiger partial charge >= 0.3 is 18.1 Å². The van der Waals surface area contributed by atoms with Crippen LogP contribution in [0.25, 0.3) is 0 Å². The van der Waals surface area contributed by atoms with Gasteiger partial charge in [-0.25, -0.2) is 13.6 Å². The molecule has 0 aliphatic carbocycles. The Labute approximate surface area is 198 Å². The zero-order valence-electron chi connectivity index (χ0n) is 18.0. The van der Waals surface area contributed by atoms with Crippen molar-refractivity contribution in [2.45, 2.75) is 12.1 Å². The third-order valence-corrected chi connectivity index (χ3v) is 4.55. The predicted molar refractivity (Wildman–Crippen MR) is 113 cm³/mol. The molecule has 3 aromatic rings. The second kappa shape index (κ2) is 10.1. The van der Waals surface area contributed by atoms with Crippen molar-refractivity contribution in [3.05, 3.63) is 77.6 Å². The maximum atomic E-state index is 14.4. The van der Waals surface area contributed by atoms with E-state index in [1.807, 2.05) is 5.32 Å². The van der Waals surface area contributed by atoms with Crippen LogP contribution in [0.5, 0.6) is 11.5 Å². The third-order valence-electron chi connectivity index (χ3n) is 4.55. The molecule has 0 fully saturated rings. The van der Waals surface area contributed by atoms with Crippen LogP contribution in [0, 0.1) is 11.6 Å². The van der Waals surface area contributed by atoms with Gasteiger partial charge in [0.2, 0.25) is 0 Å². The minimum atomic E-state index is -5.95. The van der Waals surface area contributed by atoms with Gasteiger partial charge in [0.15, 0.2) is 0 Å². The normalized spacial score (nSPS) is 11.6. The number of halogens is 7. The highest BCUT2D eigenvalue weighted by atomic mass is 19.4. The fourth-order valence-electron chi connectivity index (χ4n) is 2.78. The van der Waals surface area contributed by atoms with E-state index in [1.165, 1.54) is 31.4 Å². The highest BCUT2D eigenvalue weighted by Gasteiger charge is 2.58. The monoisotopic (exact) mass is 516 g/mol. The van der Waals surface area contributed by atoms with Gasteiger partial charge in [0.05, 0.1) is 11.4 Å². The van der Waals surface area contributed by atoms with Gasteiger partial charge in [-0.15, -0.1) is 0 Å². The minimum absolute atomic E-state index is 0.0368. The standard InChI is InChI=1S/C22H15F7N4O3/c1-30-19(34)18-10-13(6-7-31-18)36-12-3-5-16(15(24)9-12)32-20(35)33-17-8-11(2-4-14(17)23)21(25,26)22(27,28)29/h2-10H,1H3,(H,30,34)(H2,32,33,35). The number of carbonyl (C=O) groups excluding carboxylic acids is 2. The number of aromatic nitrogens is 1. The molecule has 190 valence electrons. The second-order valence-electron chi connectivity index (χ2n) is 7.05. The number of urea groups is 1. The van der Waals surface area contributed by atoms with Crippen molar-refractivity contribution in [2.24, 2.45) is 0 Å². The molecule has 0 saturated carbocycles. The van der Waals surface area contributed by atoms with Crippen LogP contribution in [0.15, 0.2) is 54.7 Å².